The van der Waals surface area contributed by atoms with Gasteiger partial charge >= 0.3 is 5.97 Å². The van der Waals surface area contributed by atoms with E-state index in [4.69, 9.17) is 9.84 Å². The minimum absolute atomic E-state index is 0.256. The summed E-state index contributed by atoms with van der Waals surface area (Å²) in [6.07, 6.45) is 1.79. The van der Waals surface area contributed by atoms with Gasteiger partial charge in [-0.3, -0.25) is 0 Å². The summed E-state index contributed by atoms with van der Waals surface area (Å²) in [5.74, 6) is -0.957. The zero-order chi connectivity index (χ0) is 12.3. The first kappa shape index (κ1) is 12.1. The van der Waals surface area contributed by atoms with Gasteiger partial charge in [-0.1, -0.05) is 18.2 Å². The first-order valence-electron chi connectivity index (χ1n) is 5.72. The molecule has 92 valence electrons. The van der Waals surface area contributed by atoms with Crippen LogP contribution in [0.3, 0.4) is 0 Å². The smallest absolute Gasteiger partial charge is 0.335 e. The third kappa shape index (κ3) is 2.84. The number of hydrogen-bond donors (Lipinski definition) is 2. The van der Waals surface area contributed by atoms with Crippen LogP contribution in [0.5, 0.6) is 0 Å². The number of rotatable bonds is 3. The molecule has 1 aromatic rings. The topological polar surface area (TPSA) is 66.8 Å². The Morgan fingerprint density at radius 3 is 2.82 bits per heavy atom. The average Bonchev–Trinajstić information content (AvgIpc) is 2.29. The van der Waals surface area contributed by atoms with E-state index in [9.17, 15) is 9.90 Å². The molecule has 17 heavy (non-hydrogen) atoms. The lowest BCUT2D eigenvalue weighted by Gasteiger charge is -2.32. The predicted octanol–water partition coefficient (Wildman–Crippen LogP) is 1.47. The van der Waals surface area contributed by atoms with Crippen LogP contribution in [0.1, 0.15) is 28.8 Å². The van der Waals surface area contributed by atoms with E-state index < -0.39 is 11.6 Å². The van der Waals surface area contributed by atoms with Crippen LogP contribution in [0.2, 0.25) is 0 Å². The highest BCUT2D eigenvalue weighted by molar-refractivity contribution is 5.89. The molecule has 4 nitrogen and oxygen atoms in total. The molecule has 0 aliphatic carbocycles. The zero-order valence-corrected chi connectivity index (χ0v) is 9.56. The Hall–Kier alpha value is -1.39. The van der Waals surface area contributed by atoms with Gasteiger partial charge in [0.15, 0.2) is 0 Å². The first-order valence-corrected chi connectivity index (χ1v) is 5.72. The third-order valence-electron chi connectivity index (χ3n) is 3.07. The van der Waals surface area contributed by atoms with Gasteiger partial charge in [0.1, 0.15) is 0 Å². The quantitative estimate of drug-likeness (QED) is 0.834. The summed E-state index contributed by atoms with van der Waals surface area (Å²) in [7, 11) is 0. The van der Waals surface area contributed by atoms with E-state index in [0.717, 1.165) is 6.42 Å². The molecule has 0 aromatic heterocycles. The number of hydrogen-bond acceptors (Lipinski definition) is 3. The maximum Gasteiger partial charge on any atom is 0.335 e. The summed E-state index contributed by atoms with van der Waals surface area (Å²) in [5.41, 5.74) is -0.0106. The van der Waals surface area contributed by atoms with Crippen molar-refractivity contribution < 1.29 is 19.7 Å². The van der Waals surface area contributed by atoms with Crippen LogP contribution in [0, 0.1) is 0 Å². The monoisotopic (exact) mass is 236 g/mol. The second-order valence-corrected chi connectivity index (χ2v) is 4.52. The molecule has 0 saturated carbocycles. The standard InChI is InChI=1S/C13H16O4/c14-12(15)11-5-2-1-4-10(11)8-13(16)6-3-7-17-9-13/h1-2,4-5,16H,3,6-9H2,(H,14,15). The number of carboxylic acid groups (broad SMARTS) is 1. The van der Waals surface area contributed by atoms with Gasteiger partial charge in [-0.2, -0.15) is 0 Å². The first-order chi connectivity index (χ1) is 8.11. The Kier molecular flexibility index (Phi) is 3.45. The van der Waals surface area contributed by atoms with Gasteiger partial charge in [0, 0.05) is 13.0 Å². The molecule has 1 saturated heterocycles. The molecule has 1 atom stereocenters. The summed E-state index contributed by atoms with van der Waals surface area (Å²) in [4.78, 5) is 11.1. The molecule has 0 bridgehead atoms. The van der Waals surface area contributed by atoms with E-state index in [1.807, 2.05) is 0 Å². The Balaban J connectivity index is 2.20. The predicted molar refractivity (Wildman–Crippen MR) is 62.1 cm³/mol. The second-order valence-electron chi connectivity index (χ2n) is 4.52. The van der Waals surface area contributed by atoms with Crippen molar-refractivity contribution in [1.29, 1.82) is 0 Å². The fraction of sp³-hybridized carbons (Fsp3) is 0.462. The van der Waals surface area contributed by atoms with Crippen molar-refractivity contribution in [2.45, 2.75) is 24.9 Å². The minimum atomic E-state index is -0.957. The summed E-state index contributed by atoms with van der Waals surface area (Å²) >= 11 is 0. The van der Waals surface area contributed by atoms with Crippen LogP contribution in [-0.2, 0) is 11.2 Å². The fourth-order valence-electron chi connectivity index (χ4n) is 2.21. The largest absolute Gasteiger partial charge is 0.478 e. The minimum Gasteiger partial charge on any atom is -0.478 e. The van der Waals surface area contributed by atoms with E-state index in [-0.39, 0.29) is 12.2 Å². The molecule has 1 aromatic carbocycles. The fourth-order valence-corrected chi connectivity index (χ4v) is 2.21. The number of carbonyl (C=O) groups is 1. The molecule has 1 heterocycles. The zero-order valence-electron chi connectivity index (χ0n) is 9.56. The van der Waals surface area contributed by atoms with Gasteiger partial charge in [-0.25, -0.2) is 4.79 Å². The normalized spacial score (nSPS) is 24.5. The molecule has 2 N–H and O–H groups in total. The lowest BCUT2D eigenvalue weighted by molar-refractivity contribution is -0.0845. The molecular weight excluding hydrogens is 220 g/mol. The number of benzene rings is 1. The van der Waals surface area contributed by atoms with E-state index in [2.05, 4.69) is 0 Å². The van der Waals surface area contributed by atoms with Gasteiger partial charge in [0.25, 0.3) is 0 Å². The highest BCUT2D eigenvalue weighted by atomic mass is 16.5. The Bertz CT molecular complexity index is 408. The lowest BCUT2D eigenvalue weighted by Crippen LogP contribution is -2.41. The molecule has 0 radical (unpaired) electrons. The number of aliphatic hydroxyl groups is 1. The Morgan fingerprint density at radius 1 is 1.41 bits per heavy atom. The van der Waals surface area contributed by atoms with Crippen molar-refractivity contribution in [3.63, 3.8) is 0 Å². The Labute approximate surface area is 99.8 Å². The Morgan fingerprint density at radius 2 is 2.18 bits per heavy atom. The van der Waals surface area contributed by atoms with Crippen molar-refractivity contribution in [2.24, 2.45) is 0 Å². The number of aromatic carboxylic acids is 1. The van der Waals surface area contributed by atoms with E-state index in [1.54, 1.807) is 24.3 Å². The molecule has 4 heteroatoms. The molecular formula is C13H16O4. The maximum absolute atomic E-state index is 11.1. The van der Waals surface area contributed by atoms with Crippen molar-refractivity contribution in [2.75, 3.05) is 13.2 Å². The van der Waals surface area contributed by atoms with Gasteiger partial charge < -0.3 is 14.9 Å². The lowest BCUT2D eigenvalue weighted by atomic mass is 9.87. The van der Waals surface area contributed by atoms with E-state index in [0.29, 0.717) is 25.0 Å². The summed E-state index contributed by atoms with van der Waals surface area (Å²) in [6, 6.07) is 6.78. The average molecular weight is 236 g/mol. The van der Waals surface area contributed by atoms with Crippen LogP contribution in [0.25, 0.3) is 0 Å². The van der Waals surface area contributed by atoms with Crippen LogP contribution in [0.15, 0.2) is 24.3 Å². The van der Waals surface area contributed by atoms with Gasteiger partial charge in [-0.15, -0.1) is 0 Å². The second kappa shape index (κ2) is 4.85. The molecule has 1 unspecified atom stereocenters. The maximum atomic E-state index is 11.1. The van der Waals surface area contributed by atoms with Crippen molar-refractivity contribution in [3.8, 4) is 0 Å². The highest BCUT2D eigenvalue weighted by Gasteiger charge is 2.31. The number of ether oxygens (including phenoxy) is 1. The summed E-state index contributed by atoms with van der Waals surface area (Å²) in [5, 5.41) is 19.4. The van der Waals surface area contributed by atoms with E-state index in [1.165, 1.54) is 0 Å². The van der Waals surface area contributed by atoms with Crippen molar-refractivity contribution in [3.05, 3.63) is 35.4 Å². The van der Waals surface area contributed by atoms with E-state index >= 15 is 0 Å². The summed E-state index contributed by atoms with van der Waals surface area (Å²) < 4.78 is 5.26. The van der Waals surface area contributed by atoms with Crippen LogP contribution >= 0.6 is 0 Å². The molecule has 1 aliphatic heterocycles. The molecule has 0 spiro atoms. The molecule has 1 fully saturated rings. The van der Waals surface area contributed by atoms with Gasteiger partial charge in [-0.05, 0) is 24.5 Å². The van der Waals surface area contributed by atoms with Crippen molar-refractivity contribution >= 4 is 5.97 Å². The van der Waals surface area contributed by atoms with Crippen molar-refractivity contribution in [1.82, 2.24) is 0 Å². The number of carboxylic acids is 1. The van der Waals surface area contributed by atoms with Crippen LogP contribution in [0.4, 0.5) is 0 Å². The van der Waals surface area contributed by atoms with Gasteiger partial charge in [0.05, 0.1) is 17.8 Å². The van der Waals surface area contributed by atoms with Crippen LogP contribution < -0.4 is 0 Å². The van der Waals surface area contributed by atoms with Crippen LogP contribution in [-0.4, -0.2) is 35.0 Å². The SMILES string of the molecule is O=C(O)c1ccccc1CC1(O)CCCOC1. The highest BCUT2D eigenvalue weighted by Crippen LogP contribution is 2.25. The molecule has 2 rings (SSSR count). The third-order valence-corrected chi connectivity index (χ3v) is 3.07. The molecule has 0 amide bonds. The molecule has 1 aliphatic rings. The van der Waals surface area contributed by atoms with Gasteiger partial charge in [0.2, 0.25) is 0 Å². The summed E-state index contributed by atoms with van der Waals surface area (Å²) in [6.45, 7) is 0.948.